The van der Waals surface area contributed by atoms with Gasteiger partial charge in [-0.15, -0.1) is 0 Å². The number of benzene rings is 2. The minimum Gasteiger partial charge on any atom is -0.341 e. The number of aromatic nitrogens is 1. The number of hydrogen-bond acceptors (Lipinski definition) is 2. The summed E-state index contributed by atoms with van der Waals surface area (Å²) in [7, 11) is 0. The number of amides is 2. The monoisotopic (exact) mass is 356 g/mol. The second-order valence-electron chi connectivity index (χ2n) is 7.97. The fourth-order valence-corrected chi connectivity index (χ4v) is 5.68. The van der Waals surface area contributed by atoms with Crippen LogP contribution in [0.15, 0.2) is 54.6 Å². The average molecular weight is 356 g/mol. The largest absolute Gasteiger partial charge is 0.341 e. The van der Waals surface area contributed by atoms with Crippen LogP contribution in [0.3, 0.4) is 0 Å². The van der Waals surface area contributed by atoms with E-state index in [9.17, 15) is 9.59 Å². The number of nitrogens with zero attached hydrogens (tertiary/aromatic N) is 2. The summed E-state index contributed by atoms with van der Waals surface area (Å²) < 4.78 is 2.28. The zero-order valence-electron chi connectivity index (χ0n) is 15.1. The smallest absolute Gasteiger partial charge is 0.238 e. The Morgan fingerprint density at radius 3 is 2.26 bits per heavy atom. The molecule has 1 saturated carbocycles. The van der Waals surface area contributed by atoms with Crippen molar-refractivity contribution in [3.8, 4) is 0 Å². The number of rotatable bonds is 2. The summed E-state index contributed by atoms with van der Waals surface area (Å²) in [6.45, 7) is 3.02. The van der Waals surface area contributed by atoms with Gasteiger partial charge < -0.3 is 4.57 Å². The summed E-state index contributed by atoms with van der Waals surface area (Å²) >= 11 is 0. The summed E-state index contributed by atoms with van der Waals surface area (Å²) in [6, 6.07) is 14.3. The molecule has 2 aliphatic carbocycles. The molecular formula is C23H20N2O2. The van der Waals surface area contributed by atoms with Crippen molar-refractivity contribution in [2.24, 2.45) is 23.7 Å². The molecule has 2 heterocycles. The molecule has 1 aromatic heterocycles. The molecule has 2 aromatic carbocycles. The molecule has 1 aliphatic heterocycles. The fraction of sp³-hybridized carbons (Fsp3) is 0.304. The number of carbonyl (C=O) groups is 2. The first kappa shape index (κ1) is 15.2. The lowest BCUT2D eigenvalue weighted by molar-refractivity contribution is -0.123. The van der Waals surface area contributed by atoms with Crippen LogP contribution in [0.2, 0.25) is 0 Å². The van der Waals surface area contributed by atoms with Gasteiger partial charge >= 0.3 is 0 Å². The third-order valence-corrected chi connectivity index (χ3v) is 6.80. The molecule has 0 N–H and O–H groups in total. The highest BCUT2D eigenvalue weighted by Crippen LogP contribution is 2.53. The first-order valence-electron chi connectivity index (χ1n) is 9.76. The summed E-state index contributed by atoms with van der Waals surface area (Å²) in [4.78, 5) is 27.7. The zero-order chi connectivity index (χ0) is 18.3. The van der Waals surface area contributed by atoms with Gasteiger partial charge in [-0.2, -0.15) is 0 Å². The Balaban J connectivity index is 1.52. The minimum atomic E-state index is -0.153. The van der Waals surface area contributed by atoms with Gasteiger partial charge in [-0.3, -0.25) is 9.59 Å². The van der Waals surface area contributed by atoms with E-state index in [0.717, 1.165) is 29.3 Å². The molecular weight excluding hydrogens is 336 g/mol. The van der Waals surface area contributed by atoms with Gasteiger partial charge in [0.05, 0.1) is 17.5 Å². The molecule has 2 fully saturated rings. The second kappa shape index (κ2) is 5.10. The van der Waals surface area contributed by atoms with Crippen molar-refractivity contribution in [1.82, 2.24) is 4.57 Å². The number of imide groups is 1. The number of fused-ring (bicyclic) bond motifs is 8. The van der Waals surface area contributed by atoms with Gasteiger partial charge in [-0.25, -0.2) is 4.90 Å². The molecule has 6 rings (SSSR count). The molecule has 0 unspecified atom stereocenters. The van der Waals surface area contributed by atoms with Crippen LogP contribution in [0.1, 0.15) is 13.3 Å². The molecule has 2 bridgehead atoms. The lowest BCUT2D eigenvalue weighted by atomic mass is 9.85. The highest BCUT2D eigenvalue weighted by molar-refractivity contribution is 6.23. The van der Waals surface area contributed by atoms with Gasteiger partial charge in [0, 0.05) is 28.4 Å². The van der Waals surface area contributed by atoms with Gasteiger partial charge in [0.2, 0.25) is 11.8 Å². The van der Waals surface area contributed by atoms with Crippen LogP contribution >= 0.6 is 0 Å². The Morgan fingerprint density at radius 1 is 0.889 bits per heavy atom. The van der Waals surface area contributed by atoms with Crippen LogP contribution in [0, 0.1) is 23.7 Å². The Kier molecular flexibility index (Phi) is 2.87. The third-order valence-electron chi connectivity index (χ3n) is 6.80. The number of hydrogen-bond donors (Lipinski definition) is 0. The van der Waals surface area contributed by atoms with Gasteiger partial charge in [-0.05, 0) is 49.4 Å². The Hall–Kier alpha value is -2.88. The number of anilines is 1. The third kappa shape index (κ3) is 1.78. The van der Waals surface area contributed by atoms with E-state index in [1.165, 1.54) is 10.4 Å². The number of allylic oxidation sites excluding steroid dienone is 2. The van der Waals surface area contributed by atoms with Crippen molar-refractivity contribution < 1.29 is 9.59 Å². The van der Waals surface area contributed by atoms with Crippen LogP contribution < -0.4 is 4.90 Å². The van der Waals surface area contributed by atoms with Gasteiger partial charge in [0.15, 0.2) is 0 Å². The maximum Gasteiger partial charge on any atom is 0.238 e. The van der Waals surface area contributed by atoms with E-state index >= 15 is 0 Å². The van der Waals surface area contributed by atoms with Gasteiger partial charge in [0.1, 0.15) is 0 Å². The molecule has 4 atom stereocenters. The quantitative estimate of drug-likeness (QED) is 0.512. The van der Waals surface area contributed by atoms with E-state index in [4.69, 9.17) is 0 Å². The normalized spacial score (nSPS) is 28.9. The van der Waals surface area contributed by atoms with Crippen LogP contribution in [0.5, 0.6) is 0 Å². The first-order chi connectivity index (χ1) is 13.2. The van der Waals surface area contributed by atoms with E-state index in [0.29, 0.717) is 5.69 Å². The fourth-order valence-electron chi connectivity index (χ4n) is 5.68. The van der Waals surface area contributed by atoms with Crippen molar-refractivity contribution in [2.75, 3.05) is 4.90 Å². The van der Waals surface area contributed by atoms with Gasteiger partial charge in [-0.1, -0.05) is 30.4 Å². The van der Waals surface area contributed by atoms with Crippen molar-refractivity contribution >= 4 is 39.3 Å². The predicted molar refractivity (Wildman–Crippen MR) is 105 cm³/mol. The molecule has 4 heteroatoms. The number of aryl methyl sites for hydroxylation is 1. The molecule has 4 nitrogen and oxygen atoms in total. The highest BCUT2D eigenvalue weighted by Gasteiger charge is 2.59. The maximum absolute atomic E-state index is 13.1. The molecule has 27 heavy (non-hydrogen) atoms. The summed E-state index contributed by atoms with van der Waals surface area (Å²) in [5, 5.41) is 2.26. The minimum absolute atomic E-state index is 0.0135. The molecule has 0 spiro atoms. The van der Waals surface area contributed by atoms with Crippen LogP contribution in [-0.4, -0.2) is 16.4 Å². The van der Waals surface area contributed by atoms with E-state index in [2.05, 4.69) is 41.8 Å². The second-order valence-corrected chi connectivity index (χ2v) is 7.97. The van der Waals surface area contributed by atoms with E-state index < -0.39 is 0 Å². The maximum atomic E-state index is 13.1. The van der Waals surface area contributed by atoms with Crippen molar-refractivity contribution in [1.29, 1.82) is 0 Å². The van der Waals surface area contributed by atoms with Crippen molar-refractivity contribution in [2.45, 2.75) is 19.9 Å². The highest BCUT2D eigenvalue weighted by atomic mass is 16.2. The molecule has 1 saturated heterocycles. The Morgan fingerprint density at radius 2 is 1.56 bits per heavy atom. The lowest BCUT2D eigenvalue weighted by Crippen LogP contribution is -2.32. The van der Waals surface area contributed by atoms with E-state index in [-0.39, 0.29) is 35.5 Å². The van der Waals surface area contributed by atoms with Crippen molar-refractivity contribution in [3.63, 3.8) is 0 Å². The average Bonchev–Trinajstić information content (AvgIpc) is 3.43. The van der Waals surface area contributed by atoms with Gasteiger partial charge in [0.25, 0.3) is 0 Å². The summed E-state index contributed by atoms with van der Waals surface area (Å²) in [6.07, 6.45) is 5.24. The van der Waals surface area contributed by atoms with Crippen molar-refractivity contribution in [3.05, 3.63) is 54.6 Å². The van der Waals surface area contributed by atoms with E-state index in [1.807, 2.05) is 24.3 Å². The SMILES string of the molecule is CCn1c2ccccc2c2cc(N3C(=O)[C@@H]4[C@@H](C3=O)[C@H]3C=C[C@H]4C3)ccc21. The number of carbonyl (C=O) groups excluding carboxylic acids is 2. The van der Waals surface area contributed by atoms with Crippen LogP contribution in [0.4, 0.5) is 5.69 Å². The molecule has 3 aliphatic rings. The van der Waals surface area contributed by atoms with E-state index in [1.54, 1.807) is 0 Å². The van der Waals surface area contributed by atoms with Crippen LogP contribution in [0.25, 0.3) is 21.8 Å². The zero-order valence-corrected chi connectivity index (χ0v) is 15.1. The van der Waals surface area contributed by atoms with Crippen LogP contribution in [-0.2, 0) is 16.1 Å². The Bertz CT molecular complexity index is 1140. The first-order valence-corrected chi connectivity index (χ1v) is 9.76. The number of para-hydroxylation sites is 1. The summed E-state index contributed by atoms with van der Waals surface area (Å²) in [5.74, 6) is 0.153. The summed E-state index contributed by atoms with van der Waals surface area (Å²) in [5.41, 5.74) is 3.04. The molecule has 2 amide bonds. The molecule has 134 valence electrons. The standard InChI is InChI=1S/C23H20N2O2/c1-2-24-18-6-4-3-5-16(18)17-12-15(9-10-19(17)24)25-22(26)20-13-7-8-14(11-13)21(20)23(25)27/h3-10,12-14,20-21H,2,11H2,1H3/t13-,14-,20-,21-/m0/s1. The topological polar surface area (TPSA) is 42.3 Å². The Labute approximate surface area is 157 Å². The predicted octanol–water partition coefficient (Wildman–Crippen LogP) is 4.13. The molecule has 3 aromatic rings. The molecule has 0 radical (unpaired) electrons. The lowest BCUT2D eigenvalue weighted by Gasteiger charge is -2.17.